The van der Waals surface area contributed by atoms with Crippen LogP contribution in [0.3, 0.4) is 0 Å². The van der Waals surface area contributed by atoms with Crippen molar-refractivity contribution in [2.45, 2.75) is 39.7 Å². The van der Waals surface area contributed by atoms with Gasteiger partial charge >= 0.3 is 5.97 Å². The van der Waals surface area contributed by atoms with Gasteiger partial charge in [0.2, 0.25) is 5.91 Å². The zero-order valence-corrected chi connectivity index (χ0v) is 10.1. The van der Waals surface area contributed by atoms with Crippen molar-refractivity contribution in [2.24, 2.45) is 0 Å². The van der Waals surface area contributed by atoms with Gasteiger partial charge in [0.15, 0.2) is 0 Å². The van der Waals surface area contributed by atoms with Gasteiger partial charge in [-0.15, -0.1) is 0 Å². The molecule has 0 saturated carbocycles. The van der Waals surface area contributed by atoms with Crippen LogP contribution in [0, 0.1) is 13.8 Å². The summed E-state index contributed by atoms with van der Waals surface area (Å²) in [5.74, 6) is -0.612. The van der Waals surface area contributed by atoms with Gasteiger partial charge in [-0.3, -0.25) is 9.59 Å². The van der Waals surface area contributed by atoms with E-state index in [2.05, 4.69) is 10.5 Å². The largest absolute Gasteiger partial charge is 0.481 e. The summed E-state index contributed by atoms with van der Waals surface area (Å²) in [6, 6.07) is -0.234. The van der Waals surface area contributed by atoms with E-state index in [0.717, 1.165) is 11.3 Å². The van der Waals surface area contributed by atoms with E-state index < -0.39 is 5.97 Å². The standard InChI is InChI=1S/C11H16N2O4/c1-6(11-7(2)13-17-8(11)3)12-9(14)4-5-10(15)16/h6H,4-5H2,1-3H3,(H,12,14)(H,15,16). The van der Waals surface area contributed by atoms with Crippen LogP contribution in [-0.4, -0.2) is 22.1 Å². The second kappa shape index (κ2) is 5.47. The number of rotatable bonds is 5. The molecule has 0 saturated heterocycles. The van der Waals surface area contributed by atoms with Crippen LogP contribution in [0.25, 0.3) is 0 Å². The van der Waals surface area contributed by atoms with Crippen molar-refractivity contribution in [2.75, 3.05) is 0 Å². The highest BCUT2D eigenvalue weighted by Gasteiger charge is 2.18. The lowest BCUT2D eigenvalue weighted by Crippen LogP contribution is -2.27. The lowest BCUT2D eigenvalue weighted by atomic mass is 10.1. The quantitative estimate of drug-likeness (QED) is 0.810. The van der Waals surface area contributed by atoms with Crippen LogP contribution >= 0.6 is 0 Å². The normalized spacial score (nSPS) is 12.2. The lowest BCUT2D eigenvalue weighted by Gasteiger charge is -2.13. The monoisotopic (exact) mass is 240 g/mol. The van der Waals surface area contributed by atoms with E-state index in [0.29, 0.717) is 5.76 Å². The van der Waals surface area contributed by atoms with Gasteiger partial charge < -0.3 is 14.9 Å². The fourth-order valence-corrected chi connectivity index (χ4v) is 1.71. The molecule has 1 rings (SSSR count). The van der Waals surface area contributed by atoms with Crippen LogP contribution < -0.4 is 5.32 Å². The van der Waals surface area contributed by atoms with E-state index >= 15 is 0 Å². The molecule has 1 unspecified atom stereocenters. The van der Waals surface area contributed by atoms with Crippen molar-refractivity contribution in [3.63, 3.8) is 0 Å². The Kier molecular flexibility index (Phi) is 4.25. The summed E-state index contributed by atoms with van der Waals surface area (Å²) in [6.07, 6.45) is -0.191. The summed E-state index contributed by atoms with van der Waals surface area (Å²) < 4.78 is 5.00. The molecule has 0 aliphatic rings. The molecule has 2 N–H and O–H groups in total. The minimum absolute atomic E-state index is 0.0248. The number of aromatic nitrogens is 1. The first-order valence-electron chi connectivity index (χ1n) is 5.35. The molecule has 0 fully saturated rings. The number of amides is 1. The number of aliphatic carboxylic acids is 1. The smallest absolute Gasteiger partial charge is 0.303 e. The van der Waals surface area contributed by atoms with Crippen molar-refractivity contribution in [1.82, 2.24) is 10.5 Å². The first-order chi connectivity index (χ1) is 7.91. The van der Waals surface area contributed by atoms with E-state index in [4.69, 9.17) is 9.63 Å². The summed E-state index contributed by atoms with van der Waals surface area (Å²) in [6.45, 7) is 5.38. The molecule has 0 spiro atoms. The average molecular weight is 240 g/mol. The molecule has 0 radical (unpaired) electrons. The van der Waals surface area contributed by atoms with Crippen molar-refractivity contribution >= 4 is 11.9 Å². The van der Waals surface area contributed by atoms with E-state index in [9.17, 15) is 9.59 Å². The summed E-state index contributed by atoms with van der Waals surface area (Å²) in [5, 5.41) is 15.0. The summed E-state index contributed by atoms with van der Waals surface area (Å²) in [4.78, 5) is 21.8. The summed E-state index contributed by atoms with van der Waals surface area (Å²) >= 11 is 0. The molecular formula is C11H16N2O4. The van der Waals surface area contributed by atoms with E-state index in [-0.39, 0.29) is 24.8 Å². The second-order valence-electron chi connectivity index (χ2n) is 3.92. The molecule has 6 heteroatoms. The van der Waals surface area contributed by atoms with E-state index in [1.54, 1.807) is 13.8 Å². The van der Waals surface area contributed by atoms with Crippen LogP contribution in [0.4, 0.5) is 0 Å². The van der Waals surface area contributed by atoms with Gasteiger partial charge in [0.1, 0.15) is 5.76 Å². The Morgan fingerprint density at radius 2 is 2.06 bits per heavy atom. The van der Waals surface area contributed by atoms with Crippen LogP contribution in [0.5, 0.6) is 0 Å². The van der Waals surface area contributed by atoms with Crippen LogP contribution in [0.1, 0.15) is 42.8 Å². The third-order valence-corrected chi connectivity index (χ3v) is 2.47. The number of nitrogens with zero attached hydrogens (tertiary/aromatic N) is 1. The molecule has 94 valence electrons. The number of nitrogens with one attached hydrogen (secondary N) is 1. The van der Waals surface area contributed by atoms with Crippen LogP contribution in [0.15, 0.2) is 4.52 Å². The van der Waals surface area contributed by atoms with Crippen molar-refractivity contribution in [3.05, 3.63) is 17.0 Å². The maximum Gasteiger partial charge on any atom is 0.303 e. The zero-order chi connectivity index (χ0) is 13.0. The first kappa shape index (κ1) is 13.2. The Morgan fingerprint density at radius 1 is 1.41 bits per heavy atom. The minimum Gasteiger partial charge on any atom is -0.481 e. The fraction of sp³-hybridized carbons (Fsp3) is 0.545. The molecule has 1 heterocycles. The van der Waals surface area contributed by atoms with Crippen molar-refractivity contribution in [3.8, 4) is 0 Å². The van der Waals surface area contributed by atoms with E-state index in [1.807, 2.05) is 6.92 Å². The Hall–Kier alpha value is -1.85. The van der Waals surface area contributed by atoms with Crippen molar-refractivity contribution < 1.29 is 19.2 Å². The molecule has 1 aromatic rings. The Bertz CT molecular complexity index is 406. The van der Waals surface area contributed by atoms with Gasteiger partial charge in [-0.1, -0.05) is 5.16 Å². The summed E-state index contributed by atoms with van der Waals surface area (Å²) in [7, 11) is 0. The molecule has 17 heavy (non-hydrogen) atoms. The molecule has 0 bridgehead atoms. The molecule has 0 aliphatic heterocycles. The Morgan fingerprint density at radius 3 is 2.53 bits per heavy atom. The third kappa shape index (κ3) is 3.58. The molecule has 1 aromatic heterocycles. The van der Waals surface area contributed by atoms with Crippen LogP contribution in [0.2, 0.25) is 0 Å². The third-order valence-electron chi connectivity index (χ3n) is 2.47. The number of carbonyl (C=O) groups is 2. The van der Waals surface area contributed by atoms with Gasteiger partial charge in [0.05, 0.1) is 18.2 Å². The fourth-order valence-electron chi connectivity index (χ4n) is 1.71. The Labute approximate surface area is 99.0 Å². The molecule has 1 atom stereocenters. The number of hydrogen-bond acceptors (Lipinski definition) is 4. The molecule has 0 aliphatic carbocycles. The number of carboxylic acid groups (broad SMARTS) is 1. The van der Waals surface area contributed by atoms with Gasteiger partial charge in [-0.05, 0) is 20.8 Å². The zero-order valence-electron chi connectivity index (χ0n) is 10.1. The second-order valence-corrected chi connectivity index (χ2v) is 3.92. The number of carbonyl (C=O) groups excluding carboxylic acids is 1. The highest BCUT2D eigenvalue weighted by atomic mass is 16.5. The summed E-state index contributed by atoms with van der Waals surface area (Å²) in [5.41, 5.74) is 1.57. The molecular weight excluding hydrogens is 224 g/mol. The average Bonchev–Trinajstić information content (AvgIpc) is 2.55. The number of carboxylic acids is 1. The van der Waals surface area contributed by atoms with Gasteiger partial charge in [-0.2, -0.15) is 0 Å². The van der Waals surface area contributed by atoms with Gasteiger partial charge in [0, 0.05) is 12.0 Å². The van der Waals surface area contributed by atoms with Gasteiger partial charge in [0.25, 0.3) is 0 Å². The SMILES string of the molecule is Cc1noc(C)c1C(C)NC(=O)CCC(=O)O. The maximum atomic E-state index is 11.5. The van der Waals surface area contributed by atoms with Crippen molar-refractivity contribution in [1.29, 1.82) is 0 Å². The van der Waals surface area contributed by atoms with Crippen LogP contribution in [-0.2, 0) is 9.59 Å². The first-order valence-corrected chi connectivity index (χ1v) is 5.35. The topological polar surface area (TPSA) is 92.4 Å². The molecule has 0 aromatic carbocycles. The maximum absolute atomic E-state index is 11.5. The minimum atomic E-state index is -0.981. The van der Waals surface area contributed by atoms with E-state index in [1.165, 1.54) is 0 Å². The molecule has 6 nitrogen and oxygen atoms in total. The predicted octanol–water partition coefficient (Wildman–Crippen LogP) is 1.33. The predicted molar refractivity (Wildman–Crippen MR) is 59.4 cm³/mol. The number of aryl methyl sites for hydroxylation is 2. The number of hydrogen-bond donors (Lipinski definition) is 2. The van der Waals surface area contributed by atoms with Gasteiger partial charge in [-0.25, -0.2) is 0 Å². The highest BCUT2D eigenvalue weighted by molar-refractivity contribution is 5.80. The molecule has 1 amide bonds. The highest BCUT2D eigenvalue weighted by Crippen LogP contribution is 2.20. The Balaban J connectivity index is 2.57. The lowest BCUT2D eigenvalue weighted by molar-refractivity contribution is -0.138.